The summed E-state index contributed by atoms with van der Waals surface area (Å²) >= 11 is 0. The molecule has 27 heavy (non-hydrogen) atoms. The molecule has 0 unspecified atom stereocenters. The number of hydrogen-bond acceptors (Lipinski definition) is 4. The molecule has 1 aromatic rings. The van der Waals surface area contributed by atoms with E-state index < -0.39 is 10.2 Å². The SMILES string of the molecule is Cc1cccc(N2CCN(CCCNS(=O)(=O)N3CCC[C@H](C)C3)CC2)c1. The van der Waals surface area contributed by atoms with Gasteiger partial charge in [-0.3, -0.25) is 4.90 Å². The summed E-state index contributed by atoms with van der Waals surface area (Å²) in [6.07, 6.45) is 2.95. The molecular formula is C20H34N4O2S. The van der Waals surface area contributed by atoms with Gasteiger partial charge in [0.15, 0.2) is 0 Å². The Bertz CT molecular complexity index is 702. The highest BCUT2D eigenvalue weighted by Crippen LogP contribution is 2.19. The Morgan fingerprint density at radius 2 is 1.93 bits per heavy atom. The molecule has 0 radical (unpaired) electrons. The minimum atomic E-state index is -3.31. The van der Waals surface area contributed by atoms with E-state index in [1.54, 1.807) is 4.31 Å². The number of nitrogens with one attached hydrogen (secondary N) is 1. The standard InChI is InChI=1S/C20H34N4O2S/c1-18-6-3-8-20(16-18)23-14-12-22(13-15-23)10-5-9-21-27(25,26)24-11-4-7-19(2)17-24/h3,6,8,16,19,21H,4-5,7,9-15,17H2,1-2H3/t19-/m0/s1. The molecule has 0 bridgehead atoms. The number of hydrogen-bond donors (Lipinski definition) is 1. The maximum absolute atomic E-state index is 12.4. The monoisotopic (exact) mass is 394 g/mol. The van der Waals surface area contributed by atoms with E-state index in [0.29, 0.717) is 25.6 Å². The second-order valence-electron chi connectivity index (χ2n) is 8.03. The lowest BCUT2D eigenvalue weighted by atomic mass is 10.0. The van der Waals surface area contributed by atoms with Gasteiger partial charge in [-0.25, -0.2) is 4.72 Å². The first kappa shape index (κ1) is 20.6. The van der Waals surface area contributed by atoms with Crippen LogP contribution in [0.1, 0.15) is 31.7 Å². The minimum absolute atomic E-state index is 0.458. The van der Waals surface area contributed by atoms with Gasteiger partial charge in [0.05, 0.1) is 0 Å². The van der Waals surface area contributed by atoms with Crippen molar-refractivity contribution in [3.63, 3.8) is 0 Å². The van der Waals surface area contributed by atoms with Gasteiger partial charge in [-0.2, -0.15) is 12.7 Å². The van der Waals surface area contributed by atoms with Gasteiger partial charge in [-0.05, 0) is 56.3 Å². The number of anilines is 1. The maximum Gasteiger partial charge on any atom is 0.279 e. The van der Waals surface area contributed by atoms with Crippen molar-refractivity contribution in [2.24, 2.45) is 5.92 Å². The van der Waals surface area contributed by atoms with Crippen LogP contribution in [0.2, 0.25) is 0 Å². The van der Waals surface area contributed by atoms with E-state index in [4.69, 9.17) is 0 Å². The summed E-state index contributed by atoms with van der Waals surface area (Å²) in [6.45, 7) is 11.1. The summed E-state index contributed by atoms with van der Waals surface area (Å²) in [5, 5.41) is 0. The van der Waals surface area contributed by atoms with Crippen LogP contribution < -0.4 is 9.62 Å². The molecule has 0 amide bonds. The molecule has 2 saturated heterocycles. The number of piperazine rings is 1. The number of piperidine rings is 1. The molecule has 0 saturated carbocycles. The molecule has 0 aliphatic carbocycles. The summed E-state index contributed by atoms with van der Waals surface area (Å²) in [7, 11) is -3.31. The molecule has 2 aliphatic rings. The van der Waals surface area contributed by atoms with E-state index in [2.05, 4.69) is 52.6 Å². The molecule has 6 nitrogen and oxygen atoms in total. The lowest BCUT2D eigenvalue weighted by Gasteiger charge is -2.36. The largest absolute Gasteiger partial charge is 0.369 e. The Balaban J connectivity index is 1.36. The fourth-order valence-electron chi connectivity index (χ4n) is 4.01. The molecule has 1 aromatic carbocycles. The van der Waals surface area contributed by atoms with E-state index in [1.807, 2.05) is 0 Å². The third-order valence-corrected chi connectivity index (χ3v) is 7.21. The summed E-state index contributed by atoms with van der Waals surface area (Å²) in [5.41, 5.74) is 2.60. The first-order chi connectivity index (χ1) is 12.9. The summed E-state index contributed by atoms with van der Waals surface area (Å²) in [5.74, 6) is 0.458. The van der Waals surface area contributed by atoms with Crippen molar-refractivity contribution >= 4 is 15.9 Å². The van der Waals surface area contributed by atoms with Gasteiger partial charge in [-0.1, -0.05) is 19.1 Å². The number of nitrogens with zero attached hydrogens (tertiary/aromatic N) is 3. The van der Waals surface area contributed by atoms with Crippen molar-refractivity contribution < 1.29 is 8.42 Å². The summed E-state index contributed by atoms with van der Waals surface area (Å²) in [4.78, 5) is 4.87. The van der Waals surface area contributed by atoms with Gasteiger partial charge < -0.3 is 4.90 Å². The van der Waals surface area contributed by atoms with Crippen LogP contribution in [0.4, 0.5) is 5.69 Å². The normalized spacial score (nSPS) is 22.9. The quantitative estimate of drug-likeness (QED) is 0.720. The predicted octanol–water partition coefficient (Wildman–Crippen LogP) is 2.07. The van der Waals surface area contributed by atoms with E-state index >= 15 is 0 Å². The topological polar surface area (TPSA) is 55.9 Å². The average Bonchev–Trinajstić information content (AvgIpc) is 2.66. The Morgan fingerprint density at radius 1 is 1.15 bits per heavy atom. The minimum Gasteiger partial charge on any atom is -0.369 e. The molecule has 2 heterocycles. The first-order valence-electron chi connectivity index (χ1n) is 10.2. The van der Waals surface area contributed by atoms with Crippen LogP contribution in [0, 0.1) is 12.8 Å². The van der Waals surface area contributed by atoms with Crippen molar-refractivity contribution in [2.45, 2.75) is 33.1 Å². The number of rotatable bonds is 7. The highest BCUT2D eigenvalue weighted by molar-refractivity contribution is 7.87. The Hall–Kier alpha value is -1.15. The highest BCUT2D eigenvalue weighted by atomic mass is 32.2. The van der Waals surface area contributed by atoms with Crippen LogP contribution in [-0.4, -0.2) is 70.0 Å². The van der Waals surface area contributed by atoms with Crippen molar-refractivity contribution in [1.29, 1.82) is 0 Å². The molecule has 7 heteroatoms. The number of benzene rings is 1. The zero-order chi connectivity index (χ0) is 19.3. The molecule has 0 spiro atoms. The second-order valence-corrected chi connectivity index (χ2v) is 9.78. The van der Waals surface area contributed by atoms with E-state index in [-0.39, 0.29) is 0 Å². The van der Waals surface area contributed by atoms with Gasteiger partial charge >= 0.3 is 0 Å². The van der Waals surface area contributed by atoms with Gasteiger partial charge in [0.1, 0.15) is 0 Å². The van der Waals surface area contributed by atoms with Crippen LogP contribution in [0.25, 0.3) is 0 Å². The van der Waals surface area contributed by atoms with Gasteiger partial charge in [0, 0.05) is 51.5 Å². The number of aryl methyl sites for hydroxylation is 1. The van der Waals surface area contributed by atoms with Crippen molar-refractivity contribution in [1.82, 2.24) is 13.9 Å². The Kier molecular flexibility index (Phi) is 7.14. The van der Waals surface area contributed by atoms with Crippen LogP contribution in [0.5, 0.6) is 0 Å². The fraction of sp³-hybridized carbons (Fsp3) is 0.700. The Morgan fingerprint density at radius 3 is 2.63 bits per heavy atom. The Labute approximate surface area is 164 Å². The van der Waals surface area contributed by atoms with E-state index in [0.717, 1.165) is 52.0 Å². The molecule has 1 atom stereocenters. The molecule has 2 aliphatic heterocycles. The lowest BCUT2D eigenvalue weighted by molar-refractivity contribution is 0.254. The fourth-order valence-corrected chi connectivity index (χ4v) is 5.42. The zero-order valence-corrected chi connectivity index (χ0v) is 17.5. The third-order valence-electron chi connectivity index (χ3n) is 5.63. The van der Waals surface area contributed by atoms with Crippen LogP contribution in [0.3, 0.4) is 0 Å². The predicted molar refractivity (Wildman–Crippen MR) is 111 cm³/mol. The third kappa shape index (κ3) is 5.91. The van der Waals surface area contributed by atoms with Gasteiger partial charge in [-0.15, -0.1) is 0 Å². The van der Waals surface area contributed by atoms with Crippen LogP contribution in [0.15, 0.2) is 24.3 Å². The zero-order valence-electron chi connectivity index (χ0n) is 16.7. The average molecular weight is 395 g/mol. The van der Waals surface area contributed by atoms with E-state index in [1.165, 1.54) is 11.3 Å². The summed E-state index contributed by atoms with van der Waals surface area (Å²) in [6, 6.07) is 8.67. The van der Waals surface area contributed by atoms with E-state index in [9.17, 15) is 8.42 Å². The molecule has 0 aromatic heterocycles. The molecule has 1 N–H and O–H groups in total. The van der Waals surface area contributed by atoms with Gasteiger partial charge in [0.25, 0.3) is 10.2 Å². The molecular weight excluding hydrogens is 360 g/mol. The molecule has 2 fully saturated rings. The lowest BCUT2D eigenvalue weighted by Crippen LogP contribution is -2.48. The van der Waals surface area contributed by atoms with Crippen LogP contribution in [-0.2, 0) is 10.2 Å². The van der Waals surface area contributed by atoms with Crippen LogP contribution >= 0.6 is 0 Å². The van der Waals surface area contributed by atoms with Crippen molar-refractivity contribution in [3.05, 3.63) is 29.8 Å². The van der Waals surface area contributed by atoms with Gasteiger partial charge in [0.2, 0.25) is 0 Å². The highest BCUT2D eigenvalue weighted by Gasteiger charge is 2.26. The molecule has 3 rings (SSSR count). The van der Waals surface area contributed by atoms with Crippen molar-refractivity contribution in [3.8, 4) is 0 Å². The maximum atomic E-state index is 12.4. The second kappa shape index (κ2) is 9.37. The first-order valence-corrected chi connectivity index (χ1v) is 11.7. The summed E-state index contributed by atoms with van der Waals surface area (Å²) < 4.78 is 29.2. The molecule has 152 valence electrons. The smallest absolute Gasteiger partial charge is 0.279 e. The van der Waals surface area contributed by atoms with Crippen molar-refractivity contribution in [2.75, 3.05) is 57.3 Å².